The molecule has 0 aliphatic heterocycles. The van der Waals surface area contributed by atoms with Gasteiger partial charge in [-0.1, -0.05) is 6.42 Å². The molecule has 1 aromatic heterocycles. The highest BCUT2D eigenvalue weighted by molar-refractivity contribution is 9.11. The number of aliphatic carboxylic acids is 1. The van der Waals surface area contributed by atoms with E-state index in [4.69, 9.17) is 5.11 Å². The molecule has 1 aliphatic rings. The molecule has 2 atom stereocenters. The first kappa shape index (κ1) is 16.3. The molecule has 1 fully saturated rings. The fourth-order valence-corrected chi connectivity index (χ4v) is 3.93. The van der Waals surface area contributed by atoms with Gasteiger partial charge in [-0.25, -0.2) is 4.79 Å². The van der Waals surface area contributed by atoms with Gasteiger partial charge in [-0.05, 0) is 51.7 Å². The number of nitrogens with zero attached hydrogens (tertiary/aromatic N) is 1. The molecular formula is C14H19BrN2O3S. The van der Waals surface area contributed by atoms with E-state index in [1.165, 1.54) is 0 Å². The molecular weight excluding hydrogens is 356 g/mol. The average molecular weight is 375 g/mol. The van der Waals surface area contributed by atoms with E-state index in [0.717, 1.165) is 22.2 Å². The van der Waals surface area contributed by atoms with Gasteiger partial charge in [0.05, 0.1) is 9.70 Å². The highest BCUT2D eigenvalue weighted by Gasteiger charge is 2.33. The van der Waals surface area contributed by atoms with Crippen molar-refractivity contribution in [2.24, 2.45) is 11.8 Å². The van der Waals surface area contributed by atoms with Crippen molar-refractivity contribution in [2.45, 2.75) is 25.8 Å². The standard InChI is InChI=1S/C14H19BrN2O3S/c1-17(7-9-5-12(15)21-8-9)14(20)16-6-10-3-2-4-11(10)13(18)19/h5,8,10-11H,2-4,6-7H2,1H3,(H,16,20)(H,18,19). The molecule has 2 amide bonds. The van der Waals surface area contributed by atoms with Crippen LogP contribution in [0.4, 0.5) is 4.79 Å². The number of hydrogen-bond acceptors (Lipinski definition) is 3. The highest BCUT2D eigenvalue weighted by atomic mass is 79.9. The van der Waals surface area contributed by atoms with Gasteiger partial charge in [-0.2, -0.15) is 0 Å². The number of rotatable bonds is 5. The van der Waals surface area contributed by atoms with Gasteiger partial charge in [0.15, 0.2) is 0 Å². The number of hydrogen-bond donors (Lipinski definition) is 2. The lowest BCUT2D eigenvalue weighted by atomic mass is 9.96. The maximum Gasteiger partial charge on any atom is 0.317 e. The minimum absolute atomic E-state index is 0.0511. The quantitative estimate of drug-likeness (QED) is 0.831. The minimum atomic E-state index is -0.747. The summed E-state index contributed by atoms with van der Waals surface area (Å²) in [5.74, 6) is -1.01. The SMILES string of the molecule is CN(Cc1csc(Br)c1)C(=O)NCC1CCCC1C(=O)O. The van der Waals surface area contributed by atoms with Crippen molar-refractivity contribution in [2.75, 3.05) is 13.6 Å². The van der Waals surface area contributed by atoms with E-state index in [1.807, 2.05) is 11.4 Å². The molecule has 1 saturated carbocycles. The second-order valence-corrected chi connectivity index (χ2v) is 7.73. The van der Waals surface area contributed by atoms with Crippen LogP contribution >= 0.6 is 27.3 Å². The van der Waals surface area contributed by atoms with Gasteiger partial charge in [-0.15, -0.1) is 11.3 Å². The topological polar surface area (TPSA) is 69.6 Å². The number of amides is 2. The largest absolute Gasteiger partial charge is 0.481 e. The van der Waals surface area contributed by atoms with Gasteiger partial charge in [0.25, 0.3) is 0 Å². The van der Waals surface area contributed by atoms with E-state index < -0.39 is 5.97 Å². The Morgan fingerprint density at radius 3 is 2.90 bits per heavy atom. The van der Waals surface area contributed by atoms with Crippen molar-refractivity contribution >= 4 is 39.3 Å². The summed E-state index contributed by atoms with van der Waals surface area (Å²) in [7, 11) is 1.74. The van der Waals surface area contributed by atoms with Crippen molar-refractivity contribution in [1.29, 1.82) is 0 Å². The lowest BCUT2D eigenvalue weighted by Gasteiger charge is -2.21. The van der Waals surface area contributed by atoms with Crippen LogP contribution in [0.3, 0.4) is 0 Å². The van der Waals surface area contributed by atoms with Crippen LogP contribution < -0.4 is 5.32 Å². The number of carbonyl (C=O) groups excluding carboxylic acids is 1. The lowest BCUT2D eigenvalue weighted by molar-refractivity contribution is -0.142. The number of carbonyl (C=O) groups is 2. The average Bonchev–Trinajstić information content (AvgIpc) is 3.04. The summed E-state index contributed by atoms with van der Waals surface area (Å²) in [6.45, 7) is 0.981. The van der Waals surface area contributed by atoms with Crippen LogP contribution in [0.2, 0.25) is 0 Å². The first-order valence-corrected chi connectivity index (χ1v) is 8.59. The van der Waals surface area contributed by atoms with Crippen LogP contribution in [0, 0.1) is 11.8 Å². The molecule has 1 heterocycles. The van der Waals surface area contributed by atoms with Crippen LogP contribution in [0.15, 0.2) is 15.2 Å². The Morgan fingerprint density at radius 1 is 1.52 bits per heavy atom. The minimum Gasteiger partial charge on any atom is -0.481 e. The third kappa shape index (κ3) is 4.44. The van der Waals surface area contributed by atoms with Gasteiger partial charge in [0.1, 0.15) is 0 Å². The van der Waals surface area contributed by atoms with Gasteiger partial charge in [-0.3, -0.25) is 4.79 Å². The number of carboxylic acid groups (broad SMARTS) is 1. The Kier molecular flexibility index (Phi) is 5.64. The predicted octanol–water partition coefficient (Wildman–Crippen LogP) is 3.15. The third-order valence-electron chi connectivity index (χ3n) is 3.88. The normalized spacial score (nSPS) is 21.2. The van der Waals surface area contributed by atoms with E-state index in [-0.39, 0.29) is 17.9 Å². The monoisotopic (exact) mass is 374 g/mol. The van der Waals surface area contributed by atoms with Gasteiger partial charge in [0, 0.05) is 20.1 Å². The number of halogens is 1. The molecule has 0 bridgehead atoms. The molecule has 7 heteroatoms. The Labute approximate surface area is 136 Å². The molecule has 21 heavy (non-hydrogen) atoms. The number of thiophene rings is 1. The summed E-state index contributed by atoms with van der Waals surface area (Å²) in [4.78, 5) is 24.8. The Morgan fingerprint density at radius 2 is 2.29 bits per heavy atom. The summed E-state index contributed by atoms with van der Waals surface area (Å²) in [6.07, 6.45) is 2.52. The zero-order chi connectivity index (χ0) is 15.4. The predicted molar refractivity (Wildman–Crippen MR) is 85.4 cm³/mol. The molecule has 2 rings (SSSR count). The zero-order valence-corrected chi connectivity index (χ0v) is 14.2. The molecule has 1 aliphatic carbocycles. The molecule has 2 unspecified atom stereocenters. The molecule has 5 nitrogen and oxygen atoms in total. The summed E-state index contributed by atoms with van der Waals surface area (Å²) < 4.78 is 1.04. The molecule has 0 spiro atoms. The molecule has 0 radical (unpaired) electrons. The van der Waals surface area contributed by atoms with Gasteiger partial charge in [0.2, 0.25) is 0 Å². The van der Waals surface area contributed by atoms with Crippen LogP contribution in [-0.4, -0.2) is 35.6 Å². The van der Waals surface area contributed by atoms with Crippen LogP contribution in [-0.2, 0) is 11.3 Å². The van der Waals surface area contributed by atoms with Crippen molar-refractivity contribution in [3.8, 4) is 0 Å². The Hall–Kier alpha value is -1.08. The fraction of sp³-hybridized carbons (Fsp3) is 0.571. The molecule has 2 N–H and O–H groups in total. The zero-order valence-electron chi connectivity index (χ0n) is 11.8. The van der Waals surface area contributed by atoms with Crippen LogP contribution in [0.1, 0.15) is 24.8 Å². The van der Waals surface area contributed by atoms with E-state index in [9.17, 15) is 9.59 Å². The van der Waals surface area contributed by atoms with E-state index in [2.05, 4.69) is 21.2 Å². The van der Waals surface area contributed by atoms with E-state index in [1.54, 1.807) is 23.3 Å². The molecule has 0 saturated heterocycles. The summed E-state index contributed by atoms with van der Waals surface area (Å²) >= 11 is 4.99. The number of nitrogens with one attached hydrogen (secondary N) is 1. The molecule has 1 aromatic rings. The lowest BCUT2D eigenvalue weighted by Crippen LogP contribution is -2.40. The summed E-state index contributed by atoms with van der Waals surface area (Å²) in [5.41, 5.74) is 1.08. The highest BCUT2D eigenvalue weighted by Crippen LogP contribution is 2.31. The second-order valence-electron chi connectivity index (χ2n) is 5.44. The molecule has 116 valence electrons. The van der Waals surface area contributed by atoms with Crippen LogP contribution in [0.5, 0.6) is 0 Å². The van der Waals surface area contributed by atoms with Crippen molar-refractivity contribution in [3.63, 3.8) is 0 Å². The number of carboxylic acids is 1. The first-order chi connectivity index (χ1) is 9.97. The van der Waals surface area contributed by atoms with Crippen molar-refractivity contribution < 1.29 is 14.7 Å². The first-order valence-electron chi connectivity index (χ1n) is 6.92. The third-order valence-corrected chi connectivity index (χ3v) is 5.43. The van der Waals surface area contributed by atoms with Crippen LogP contribution in [0.25, 0.3) is 0 Å². The molecule has 0 aromatic carbocycles. The summed E-state index contributed by atoms with van der Waals surface area (Å²) in [6, 6.07) is 1.83. The fourth-order valence-electron chi connectivity index (χ4n) is 2.73. The maximum absolute atomic E-state index is 12.0. The summed E-state index contributed by atoms with van der Waals surface area (Å²) in [5, 5.41) is 14.0. The van der Waals surface area contributed by atoms with Gasteiger partial charge < -0.3 is 15.3 Å². The maximum atomic E-state index is 12.0. The van der Waals surface area contributed by atoms with Gasteiger partial charge >= 0.3 is 12.0 Å². The number of urea groups is 1. The van der Waals surface area contributed by atoms with Crippen molar-refractivity contribution in [3.05, 3.63) is 20.8 Å². The Bertz CT molecular complexity index is 520. The Balaban J connectivity index is 1.79. The van der Waals surface area contributed by atoms with Crippen molar-refractivity contribution in [1.82, 2.24) is 10.2 Å². The van der Waals surface area contributed by atoms with E-state index >= 15 is 0 Å². The second kappa shape index (κ2) is 7.26. The van der Waals surface area contributed by atoms with E-state index in [0.29, 0.717) is 19.5 Å². The smallest absolute Gasteiger partial charge is 0.317 e.